The number of benzene rings is 1. The van der Waals surface area contributed by atoms with Crippen LogP contribution < -0.4 is 5.32 Å². The van der Waals surface area contributed by atoms with E-state index >= 15 is 0 Å². The molecule has 0 unspecified atom stereocenters. The highest BCUT2D eigenvalue weighted by Crippen LogP contribution is 2.29. The fourth-order valence-corrected chi connectivity index (χ4v) is 3.88. The number of amides is 1. The molecular weight excluding hydrogens is 358 g/mol. The second kappa shape index (κ2) is 7.61. The van der Waals surface area contributed by atoms with Gasteiger partial charge in [-0.2, -0.15) is 0 Å². The largest absolute Gasteiger partial charge is 0.465 e. The molecule has 1 aromatic heterocycles. The van der Waals surface area contributed by atoms with Gasteiger partial charge in [0.2, 0.25) is 0 Å². The summed E-state index contributed by atoms with van der Waals surface area (Å²) in [6.45, 7) is 0. The predicted octanol–water partition coefficient (Wildman–Crippen LogP) is 3.36. The molecule has 1 N–H and O–H groups in total. The van der Waals surface area contributed by atoms with Gasteiger partial charge in [-0.3, -0.25) is 20.2 Å². The number of aromatic nitrogens is 1. The van der Waals surface area contributed by atoms with Gasteiger partial charge in [0.1, 0.15) is 0 Å². The molecule has 136 valence electrons. The van der Waals surface area contributed by atoms with Crippen LogP contribution in [0.5, 0.6) is 0 Å². The van der Waals surface area contributed by atoms with Crippen molar-refractivity contribution in [3.63, 3.8) is 0 Å². The molecule has 0 spiro atoms. The van der Waals surface area contributed by atoms with Crippen molar-refractivity contribution in [3.8, 4) is 0 Å². The summed E-state index contributed by atoms with van der Waals surface area (Å²) in [5, 5.41) is 14.2. The number of esters is 1. The normalized spacial score (nSPS) is 13.4. The van der Waals surface area contributed by atoms with Crippen LogP contribution in [0.2, 0.25) is 0 Å². The molecule has 0 saturated carbocycles. The Morgan fingerprint density at radius 3 is 2.65 bits per heavy atom. The third-order valence-electron chi connectivity index (χ3n) is 4.13. The molecular formula is C17H17N3O5S. The van der Waals surface area contributed by atoms with Crippen LogP contribution in [0.15, 0.2) is 18.2 Å². The second-order valence-corrected chi connectivity index (χ2v) is 7.00. The van der Waals surface area contributed by atoms with Crippen molar-refractivity contribution in [3.05, 3.63) is 50.0 Å². The number of nitro groups is 1. The molecule has 8 nitrogen and oxygen atoms in total. The smallest absolute Gasteiger partial charge is 0.338 e. The maximum Gasteiger partial charge on any atom is 0.338 e. The van der Waals surface area contributed by atoms with E-state index in [1.54, 1.807) is 0 Å². The van der Waals surface area contributed by atoms with Gasteiger partial charge in [0.25, 0.3) is 11.6 Å². The molecule has 0 bridgehead atoms. The van der Waals surface area contributed by atoms with E-state index in [0.717, 1.165) is 43.5 Å². The van der Waals surface area contributed by atoms with Gasteiger partial charge in [-0.1, -0.05) is 6.42 Å². The number of non-ortho nitro benzene ring substituents is 1. The molecule has 9 heteroatoms. The molecule has 0 fully saturated rings. The summed E-state index contributed by atoms with van der Waals surface area (Å²) in [7, 11) is 1.17. The minimum Gasteiger partial charge on any atom is -0.465 e. The number of hydrogen-bond acceptors (Lipinski definition) is 7. The van der Waals surface area contributed by atoms with E-state index in [2.05, 4.69) is 15.0 Å². The SMILES string of the molecule is COC(=O)c1cc(C(=O)Nc2nc3c(s2)CCCCC3)cc([N+](=O)[O-])c1. The first-order chi connectivity index (χ1) is 12.5. The van der Waals surface area contributed by atoms with E-state index in [-0.39, 0.29) is 16.8 Å². The highest BCUT2D eigenvalue weighted by atomic mass is 32.1. The lowest BCUT2D eigenvalue weighted by Gasteiger charge is -2.05. The summed E-state index contributed by atoms with van der Waals surface area (Å²) in [6.07, 6.45) is 5.21. The number of nitrogens with zero attached hydrogens (tertiary/aromatic N) is 2. The van der Waals surface area contributed by atoms with Gasteiger partial charge in [-0.05, 0) is 31.7 Å². The zero-order chi connectivity index (χ0) is 18.7. The summed E-state index contributed by atoms with van der Waals surface area (Å²) in [4.78, 5) is 40.3. The monoisotopic (exact) mass is 375 g/mol. The van der Waals surface area contributed by atoms with Crippen LogP contribution in [-0.4, -0.2) is 28.9 Å². The molecule has 0 atom stereocenters. The fraction of sp³-hybridized carbons (Fsp3) is 0.353. The topological polar surface area (TPSA) is 111 Å². The maximum atomic E-state index is 12.5. The molecule has 0 aliphatic heterocycles. The number of nitrogens with one attached hydrogen (secondary N) is 1. The Labute approximate surface area is 153 Å². The van der Waals surface area contributed by atoms with Gasteiger partial charge in [0.05, 0.1) is 23.3 Å². The van der Waals surface area contributed by atoms with E-state index in [0.29, 0.717) is 5.13 Å². The lowest BCUT2D eigenvalue weighted by molar-refractivity contribution is -0.384. The van der Waals surface area contributed by atoms with Crippen molar-refractivity contribution in [2.75, 3.05) is 12.4 Å². The Balaban J connectivity index is 1.86. The number of thiazole rings is 1. The molecule has 26 heavy (non-hydrogen) atoms. The first kappa shape index (κ1) is 18.0. The van der Waals surface area contributed by atoms with Crippen LogP contribution in [0, 0.1) is 10.1 Å². The molecule has 1 aliphatic carbocycles. The van der Waals surface area contributed by atoms with E-state index in [9.17, 15) is 19.7 Å². The standard InChI is InChI=1S/C17H17N3O5S/c1-25-16(22)11-7-10(8-12(9-11)20(23)24)15(21)19-17-18-13-5-3-2-4-6-14(13)26-17/h7-9H,2-6H2,1H3,(H,18,19,21). The average molecular weight is 375 g/mol. The summed E-state index contributed by atoms with van der Waals surface area (Å²) in [5.41, 5.74) is 0.608. The lowest BCUT2D eigenvalue weighted by Crippen LogP contribution is -2.14. The lowest BCUT2D eigenvalue weighted by atomic mass is 10.1. The van der Waals surface area contributed by atoms with Gasteiger partial charge in [0.15, 0.2) is 5.13 Å². The predicted molar refractivity (Wildman–Crippen MR) is 95.8 cm³/mol. The van der Waals surface area contributed by atoms with Gasteiger partial charge >= 0.3 is 5.97 Å². The molecule has 2 aromatic rings. The first-order valence-corrected chi connectivity index (χ1v) is 8.97. The summed E-state index contributed by atoms with van der Waals surface area (Å²) < 4.78 is 4.59. The molecule has 1 aromatic carbocycles. The molecule has 1 heterocycles. The zero-order valence-electron chi connectivity index (χ0n) is 14.1. The van der Waals surface area contributed by atoms with Crippen LogP contribution in [-0.2, 0) is 17.6 Å². The Morgan fingerprint density at radius 2 is 1.92 bits per heavy atom. The molecule has 0 radical (unpaired) electrons. The van der Waals surface area contributed by atoms with E-state index in [1.165, 1.54) is 35.8 Å². The first-order valence-electron chi connectivity index (χ1n) is 8.15. The summed E-state index contributed by atoms with van der Waals surface area (Å²) in [5.74, 6) is -1.30. The van der Waals surface area contributed by atoms with Crippen molar-refractivity contribution in [1.29, 1.82) is 0 Å². The van der Waals surface area contributed by atoms with Crippen LogP contribution in [0.3, 0.4) is 0 Å². The van der Waals surface area contributed by atoms with Crippen LogP contribution in [0.1, 0.15) is 50.5 Å². The highest BCUT2D eigenvalue weighted by molar-refractivity contribution is 7.15. The number of ether oxygens (including phenoxy) is 1. The maximum absolute atomic E-state index is 12.5. The Morgan fingerprint density at radius 1 is 1.19 bits per heavy atom. The number of aryl methyl sites for hydroxylation is 2. The van der Waals surface area contributed by atoms with Gasteiger partial charge in [-0.25, -0.2) is 9.78 Å². The summed E-state index contributed by atoms with van der Waals surface area (Å²) in [6, 6.07) is 3.47. The van der Waals surface area contributed by atoms with Crippen LogP contribution >= 0.6 is 11.3 Å². The highest BCUT2D eigenvalue weighted by Gasteiger charge is 2.20. The van der Waals surface area contributed by atoms with E-state index in [4.69, 9.17) is 0 Å². The zero-order valence-corrected chi connectivity index (χ0v) is 14.9. The Bertz CT molecular complexity index is 854. The quantitative estimate of drug-likeness (QED) is 0.380. The number of rotatable bonds is 4. The molecule has 3 rings (SSSR count). The number of fused-ring (bicyclic) bond motifs is 1. The molecule has 0 saturated heterocycles. The number of anilines is 1. The third-order valence-corrected chi connectivity index (χ3v) is 5.20. The number of carbonyl (C=O) groups excluding carboxylic acids is 2. The fourth-order valence-electron chi connectivity index (χ4n) is 2.83. The Hall–Kier alpha value is -2.81. The number of nitro benzene ring substituents is 1. The van der Waals surface area contributed by atoms with E-state index in [1.807, 2.05) is 0 Å². The van der Waals surface area contributed by atoms with Crippen LogP contribution in [0.25, 0.3) is 0 Å². The molecule has 1 amide bonds. The van der Waals surface area contributed by atoms with Gasteiger partial charge < -0.3 is 4.74 Å². The average Bonchev–Trinajstić information content (AvgIpc) is 2.88. The van der Waals surface area contributed by atoms with E-state index < -0.39 is 16.8 Å². The Kier molecular flexibility index (Phi) is 5.27. The number of hydrogen-bond donors (Lipinski definition) is 1. The second-order valence-electron chi connectivity index (χ2n) is 5.92. The van der Waals surface area contributed by atoms with Gasteiger partial charge in [0, 0.05) is 22.6 Å². The molecule has 1 aliphatic rings. The van der Waals surface area contributed by atoms with Crippen molar-refractivity contribution in [2.24, 2.45) is 0 Å². The van der Waals surface area contributed by atoms with Gasteiger partial charge in [-0.15, -0.1) is 11.3 Å². The minimum atomic E-state index is -0.747. The third kappa shape index (κ3) is 3.88. The minimum absolute atomic E-state index is 0.00462. The summed E-state index contributed by atoms with van der Waals surface area (Å²) >= 11 is 1.43. The van der Waals surface area contributed by atoms with Crippen molar-refractivity contribution in [1.82, 2.24) is 4.98 Å². The van der Waals surface area contributed by atoms with Crippen molar-refractivity contribution < 1.29 is 19.2 Å². The number of carbonyl (C=O) groups is 2. The van der Waals surface area contributed by atoms with Crippen molar-refractivity contribution in [2.45, 2.75) is 32.1 Å². The van der Waals surface area contributed by atoms with Crippen molar-refractivity contribution >= 4 is 34.0 Å². The van der Waals surface area contributed by atoms with Crippen LogP contribution in [0.4, 0.5) is 10.8 Å². The number of methoxy groups -OCH3 is 1.